The SMILES string of the molecule is Cc1ccnc(N(C)CCCCCBr)c1. The van der Waals surface area contributed by atoms with E-state index in [0.29, 0.717) is 0 Å². The molecule has 0 radical (unpaired) electrons. The highest BCUT2D eigenvalue weighted by atomic mass is 79.9. The zero-order chi connectivity index (χ0) is 11.1. The molecule has 0 aliphatic heterocycles. The highest BCUT2D eigenvalue weighted by Crippen LogP contribution is 2.11. The summed E-state index contributed by atoms with van der Waals surface area (Å²) < 4.78 is 0. The third-order valence-electron chi connectivity index (χ3n) is 2.42. The number of pyridine rings is 1. The summed E-state index contributed by atoms with van der Waals surface area (Å²) in [6.07, 6.45) is 5.65. The third kappa shape index (κ3) is 4.65. The minimum absolute atomic E-state index is 1.08. The summed E-state index contributed by atoms with van der Waals surface area (Å²) in [6, 6.07) is 4.16. The van der Waals surface area contributed by atoms with Crippen LogP contribution in [0.2, 0.25) is 0 Å². The number of hydrogen-bond donors (Lipinski definition) is 0. The predicted octanol–water partition coefficient (Wildman–Crippen LogP) is 3.39. The van der Waals surface area contributed by atoms with Gasteiger partial charge in [-0.05, 0) is 37.5 Å². The number of halogens is 1. The normalized spacial score (nSPS) is 10.3. The first-order valence-electron chi connectivity index (χ1n) is 5.44. The van der Waals surface area contributed by atoms with Crippen molar-refractivity contribution in [2.45, 2.75) is 26.2 Å². The molecule has 1 aromatic rings. The topological polar surface area (TPSA) is 16.1 Å². The lowest BCUT2D eigenvalue weighted by Crippen LogP contribution is -2.19. The van der Waals surface area contributed by atoms with E-state index in [4.69, 9.17) is 0 Å². The first-order chi connectivity index (χ1) is 7.24. The van der Waals surface area contributed by atoms with Crippen LogP contribution in [0.15, 0.2) is 18.3 Å². The molecule has 0 saturated heterocycles. The van der Waals surface area contributed by atoms with Gasteiger partial charge >= 0.3 is 0 Å². The zero-order valence-corrected chi connectivity index (χ0v) is 11.1. The van der Waals surface area contributed by atoms with E-state index >= 15 is 0 Å². The second-order valence-corrected chi connectivity index (χ2v) is 4.66. The van der Waals surface area contributed by atoms with Gasteiger partial charge in [0.25, 0.3) is 0 Å². The van der Waals surface area contributed by atoms with E-state index < -0.39 is 0 Å². The lowest BCUT2D eigenvalue weighted by Gasteiger charge is -2.18. The van der Waals surface area contributed by atoms with E-state index in [-0.39, 0.29) is 0 Å². The summed E-state index contributed by atoms with van der Waals surface area (Å²) in [5.74, 6) is 1.08. The smallest absolute Gasteiger partial charge is 0.128 e. The van der Waals surface area contributed by atoms with E-state index in [9.17, 15) is 0 Å². The lowest BCUT2D eigenvalue weighted by molar-refractivity contribution is 0.707. The molecule has 2 nitrogen and oxygen atoms in total. The van der Waals surface area contributed by atoms with Crippen LogP contribution in [0.1, 0.15) is 24.8 Å². The molecule has 0 aliphatic carbocycles. The van der Waals surface area contributed by atoms with Crippen molar-refractivity contribution in [3.05, 3.63) is 23.9 Å². The van der Waals surface area contributed by atoms with Crippen LogP contribution in [-0.4, -0.2) is 23.9 Å². The second-order valence-electron chi connectivity index (χ2n) is 3.86. The van der Waals surface area contributed by atoms with Gasteiger partial charge in [-0.1, -0.05) is 22.4 Å². The van der Waals surface area contributed by atoms with Gasteiger partial charge in [0.15, 0.2) is 0 Å². The standard InChI is InChI=1S/C12H19BrN2/c1-11-6-8-14-12(10-11)15(2)9-5-3-4-7-13/h6,8,10H,3-5,7,9H2,1-2H3. The third-order valence-corrected chi connectivity index (χ3v) is 2.98. The highest BCUT2D eigenvalue weighted by molar-refractivity contribution is 9.09. The van der Waals surface area contributed by atoms with Crippen LogP contribution in [0.5, 0.6) is 0 Å². The minimum atomic E-state index is 1.08. The van der Waals surface area contributed by atoms with E-state index in [2.05, 4.69) is 45.9 Å². The number of rotatable bonds is 6. The molecule has 0 amide bonds. The molecule has 0 bridgehead atoms. The molecule has 0 spiro atoms. The number of hydrogen-bond acceptors (Lipinski definition) is 2. The Morgan fingerprint density at radius 2 is 2.13 bits per heavy atom. The number of alkyl halides is 1. The summed E-state index contributed by atoms with van der Waals surface area (Å²) in [5, 5.41) is 1.11. The predicted molar refractivity (Wildman–Crippen MR) is 69.9 cm³/mol. The fraction of sp³-hybridized carbons (Fsp3) is 0.583. The van der Waals surface area contributed by atoms with Crippen molar-refractivity contribution in [3.8, 4) is 0 Å². The molecule has 0 aromatic carbocycles. The summed E-state index contributed by atoms with van der Waals surface area (Å²) in [7, 11) is 2.11. The van der Waals surface area contributed by atoms with Crippen molar-refractivity contribution >= 4 is 21.7 Å². The molecule has 84 valence electrons. The van der Waals surface area contributed by atoms with Gasteiger partial charge in [0, 0.05) is 25.1 Å². The number of nitrogens with zero attached hydrogens (tertiary/aromatic N) is 2. The molecular weight excluding hydrogens is 252 g/mol. The van der Waals surface area contributed by atoms with Crippen molar-refractivity contribution in [2.75, 3.05) is 23.8 Å². The van der Waals surface area contributed by atoms with Gasteiger partial charge in [0.05, 0.1) is 0 Å². The van der Waals surface area contributed by atoms with Gasteiger partial charge < -0.3 is 4.90 Å². The van der Waals surface area contributed by atoms with Gasteiger partial charge in [-0.25, -0.2) is 4.98 Å². The molecule has 0 aliphatic rings. The van der Waals surface area contributed by atoms with Gasteiger partial charge in [-0.2, -0.15) is 0 Å². The van der Waals surface area contributed by atoms with E-state index in [1.165, 1.54) is 24.8 Å². The Hall–Kier alpha value is -0.570. The van der Waals surface area contributed by atoms with E-state index in [1.807, 2.05) is 12.3 Å². The molecule has 0 N–H and O–H groups in total. The first-order valence-corrected chi connectivity index (χ1v) is 6.56. The summed E-state index contributed by atoms with van der Waals surface area (Å²) >= 11 is 3.45. The Labute approximate surface area is 101 Å². The fourth-order valence-corrected chi connectivity index (χ4v) is 1.86. The molecule has 1 rings (SSSR count). The van der Waals surface area contributed by atoms with Crippen LogP contribution in [0, 0.1) is 6.92 Å². The number of aromatic nitrogens is 1. The maximum absolute atomic E-state index is 4.36. The van der Waals surface area contributed by atoms with Crippen LogP contribution >= 0.6 is 15.9 Å². The summed E-state index contributed by atoms with van der Waals surface area (Å²) in [5.41, 5.74) is 1.27. The Morgan fingerprint density at radius 3 is 2.80 bits per heavy atom. The number of anilines is 1. The summed E-state index contributed by atoms with van der Waals surface area (Å²) in [4.78, 5) is 6.58. The fourth-order valence-electron chi connectivity index (χ4n) is 1.46. The number of unbranched alkanes of at least 4 members (excludes halogenated alkanes) is 2. The Balaban J connectivity index is 2.36. The van der Waals surface area contributed by atoms with Crippen molar-refractivity contribution < 1.29 is 0 Å². The van der Waals surface area contributed by atoms with Crippen LogP contribution < -0.4 is 4.90 Å². The van der Waals surface area contributed by atoms with Crippen molar-refractivity contribution in [3.63, 3.8) is 0 Å². The van der Waals surface area contributed by atoms with Gasteiger partial charge in [0.1, 0.15) is 5.82 Å². The Kier molecular flexibility index (Phi) is 5.69. The second kappa shape index (κ2) is 6.83. The Bertz CT molecular complexity index is 289. The maximum Gasteiger partial charge on any atom is 0.128 e. The summed E-state index contributed by atoms with van der Waals surface area (Å²) in [6.45, 7) is 3.19. The maximum atomic E-state index is 4.36. The molecule has 15 heavy (non-hydrogen) atoms. The molecule has 3 heteroatoms. The zero-order valence-electron chi connectivity index (χ0n) is 9.54. The van der Waals surface area contributed by atoms with Gasteiger partial charge in [0.2, 0.25) is 0 Å². The van der Waals surface area contributed by atoms with Crippen LogP contribution in [0.3, 0.4) is 0 Å². The quantitative estimate of drug-likeness (QED) is 0.582. The molecule has 1 heterocycles. The largest absolute Gasteiger partial charge is 0.360 e. The Morgan fingerprint density at radius 1 is 1.33 bits per heavy atom. The van der Waals surface area contributed by atoms with Crippen LogP contribution in [-0.2, 0) is 0 Å². The molecule has 0 atom stereocenters. The van der Waals surface area contributed by atoms with E-state index in [0.717, 1.165) is 17.7 Å². The lowest BCUT2D eigenvalue weighted by atomic mass is 10.2. The molecule has 0 saturated carbocycles. The number of aryl methyl sites for hydroxylation is 1. The van der Waals surface area contributed by atoms with Crippen molar-refractivity contribution in [1.29, 1.82) is 0 Å². The van der Waals surface area contributed by atoms with Crippen molar-refractivity contribution in [2.24, 2.45) is 0 Å². The van der Waals surface area contributed by atoms with Gasteiger partial charge in [-0.15, -0.1) is 0 Å². The minimum Gasteiger partial charge on any atom is -0.360 e. The molecule has 1 aromatic heterocycles. The average molecular weight is 271 g/mol. The first kappa shape index (κ1) is 12.5. The highest BCUT2D eigenvalue weighted by Gasteiger charge is 2.01. The van der Waals surface area contributed by atoms with Crippen LogP contribution in [0.25, 0.3) is 0 Å². The average Bonchev–Trinajstić information content (AvgIpc) is 2.24. The monoisotopic (exact) mass is 270 g/mol. The van der Waals surface area contributed by atoms with Crippen LogP contribution in [0.4, 0.5) is 5.82 Å². The van der Waals surface area contributed by atoms with E-state index in [1.54, 1.807) is 0 Å². The molecule has 0 fully saturated rings. The van der Waals surface area contributed by atoms with Gasteiger partial charge in [-0.3, -0.25) is 0 Å². The molecular formula is C12H19BrN2. The van der Waals surface area contributed by atoms with Crippen molar-refractivity contribution in [1.82, 2.24) is 4.98 Å². The molecule has 0 unspecified atom stereocenters.